The number of hydrogen-bond acceptors (Lipinski definition) is 7. The molecule has 1 aliphatic rings. The monoisotopic (exact) mass is 517 g/mol. The molecule has 0 spiro atoms. The number of nitrogens with zero attached hydrogens (tertiary/aromatic N) is 2. The summed E-state index contributed by atoms with van der Waals surface area (Å²) in [7, 11) is 0. The maximum atomic E-state index is 12.8. The molecule has 8 nitrogen and oxygen atoms in total. The molecule has 0 unspecified atom stereocenters. The lowest BCUT2D eigenvalue weighted by atomic mass is 10.0. The fourth-order valence-electron chi connectivity index (χ4n) is 5.12. The van der Waals surface area contributed by atoms with Crippen LogP contribution in [0.4, 0.5) is 0 Å². The molecule has 0 aliphatic carbocycles. The number of ether oxygens (including phenoxy) is 1. The predicted octanol–water partition coefficient (Wildman–Crippen LogP) is 4.07. The van der Waals surface area contributed by atoms with Crippen molar-refractivity contribution in [3.63, 3.8) is 0 Å². The van der Waals surface area contributed by atoms with Crippen molar-refractivity contribution in [3.8, 4) is 5.75 Å². The number of aromatic nitrogens is 1. The number of benzene rings is 2. The number of fused-ring (bicyclic) bond motifs is 4. The van der Waals surface area contributed by atoms with Crippen molar-refractivity contribution in [2.75, 3.05) is 59.0 Å². The Bertz CT molecular complexity index is 1330. The average molecular weight is 518 g/mol. The summed E-state index contributed by atoms with van der Waals surface area (Å²) >= 11 is 0. The number of hydrogen-bond donors (Lipinski definition) is 3. The zero-order valence-corrected chi connectivity index (χ0v) is 22.1. The van der Waals surface area contributed by atoms with Crippen LogP contribution in [0.3, 0.4) is 0 Å². The van der Waals surface area contributed by atoms with Gasteiger partial charge in [-0.15, -0.1) is 0 Å². The van der Waals surface area contributed by atoms with Crippen molar-refractivity contribution in [1.29, 1.82) is 0 Å². The second-order valence-electron chi connectivity index (χ2n) is 9.90. The summed E-state index contributed by atoms with van der Waals surface area (Å²) in [4.78, 5) is 19.6. The summed E-state index contributed by atoms with van der Waals surface area (Å²) < 4.78 is 12.1. The molecule has 3 N–H and O–H groups in total. The van der Waals surface area contributed by atoms with E-state index in [2.05, 4.69) is 40.2 Å². The summed E-state index contributed by atoms with van der Waals surface area (Å²) in [6, 6.07) is 14.3. The molecular formula is C30H39N5O3. The maximum absolute atomic E-state index is 12.8. The SMILES string of the molecule is O=C(CCCCCCOc1c2occc2nc2ccc3ccccc3c12)N1CCNCCNCCNCC1. The first-order valence-corrected chi connectivity index (χ1v) is 14.0. The highest BCUT2D eigenvalue weighted by atomic mass is 16.5. The minimum Gasteiger partial charge on any atom is -0.489 e. The van der Waals surface area contributed by atoms with Crippen LogP contribution >= 0.6 is 0 Å². The minimum atomic E-state index is 0.260. The Hall–Kier alpha value is -3.20. The molecule has 1 aliphatic heterocycles. The van der Waals surface area contributed by atoms with Crippen molar-refractivity contribution in [2.45, 2.75) is 32.1 Å². The molecule has 0 radical (unpaired) electrons. The second kappa shape index (κ2) is 13.6. The van der Waals surface area contributed by atoms with E-state index in [4.69, 9.17) is 14.1 Å². The van der Waals surface area contributed by atoms with Crippen molar-refractivity contribution in [3.05, 3.63) is 48.7 Å². The van der Waals surface area contributed by atoms with E-state index in [1.165, 1.54) is 0 Å². The smallest absolute Gasteiger partial charge is 0.222 e. The minimum absolute atomic E-state index is 0.260. The van der Waals surface area contributed by atoms with E-state index in [1.54, 1.807) is 6.26 Å². The van der Waals surface area contributed by atoms with E-state index in [-0.39, 0.29) is 5.91 Å². The molecule has 0 atom stereocenters. The van der Waals surface area contributed by atoms with Gasteiger partial charge in [0.05, 0.1) is 23.8 Å². The van der Waals surface area contributed by atoms with Gasteiger partial charge in [-0.25, -0.2) is 4.98 Å². The summed E-state index contributed by atoms with van der Waals surface area (Å²) in [5, 5.41) is 13.5. The molecule has 0 bridgehead atoms. The topological polar surface area (TPSA) is 91.7 Å². The Labute approximate surface area is 224 Å². The van der Waals surface area contributed by atoms with Crippen LogP contribution in [0.5, 0.6) is 5.75 Å². The Morgan fingerprint density at radius 2 is 1.58 bits per heavy atom. The molecule has 1 fully saturated rings. The van der Waals surface area contributed by atoms with E-state index >= 15 is 0 Å². The highest BCUT2D eigenvalue weighted by Gasteiger charge is 2.16. The lowest BCUT2D eigenvalue weighted by molar-refractivity contribution is -0.131. The summed E-state index contributed by atoms with van der Waals surface area (Å²) in [6.07, 6.45) is 6.15. The number of rotatable bonds is 8. The number of pyridine rings is 1. The molecule has 2 aromatic carbocycles. The number of furan rings is 1. The standard InChI is InChI=1S/C30H39N5O3/c36-27(35-19-17-32-15-13-31-14-16-33-18-20-35)9-3-1-2-6-21-37-30-28-24-8-5-4-7-23(24)10-11-25(28)34-26-12-22-38-29(26)30/h4-5,7-8,10-12,22,31-33H,1-3,6,9,13-21H2. The van der Waals surface area contributed by atoms with Crippen LogP contribution in [-0.2, 0) is 4.79 Å². The van der Waals surface area contributed by atoms with Gasteiger partial charge in [0.2, 0.25) is 5.91 Å². The van der Waals surface area contributed by atoms with E-state index < -0.39 is 0 Å². The molecule has 4 aromatic rings. The van der Waals surface area contributed by atoms with Crippen LogP contribution in [-0.4, -0.2) is 74.8 Å². The normalized spacial score (nSPS) is 15.9. The van der Waals surface area contributed by atoms with Crippen molar-refractivity contribution >= 4 is 38.7 Å². The van der Waals surface area contributed by atoms with Crippen molar-refractivity contribution in [1.82, 2.24) is 25.8 Å². The molecule has 0 saturated carbocycles. The first-order valence-electron chi connectivity index (χ1n) is 14.0. The average Bonchev–Trinajstić information content (AvgIpc) is 3.40. The Morgan fingerprint density at radius 1 is 0.842 bits per heavy atom. The van der Waals surface area contributed by atoms with E-state index in [9.17, 15) is 4.79 Å². The van der Waals surface area contributed by atoms with Gasteiger partial charge < -0.3 is 30.0 Å². The molecule has 8 heteroatoms. The Kier molecular flexibility index (Phi) is 9.42. The summed E-state index contributed by atoms with van der Waals surface area (Å²) in [5.41, 5.74) is 2.42. The van der Waals surface area contributed by atoms with Crippen LogP contribution in [0.2, 0.25) is 0 Å². The predicted molar refractivity (Wildman–Crippen MR) is 153 cm³/mol. The first-order chi connectivity index (χ1) is 18.8. The van der Waals surface area contributed by atoms with Gasteiger partial charge in [0.1, 0.15) is 5.52 Å². The number of carbonyl (C=O) groups excluding carboxylic acids is 1. The summed E-state index contributed by atoms with van der Waals surface area (Å²) in [6.45, 7) is 7.60. The van der Waals surface area contributed by atoms with Gasteiger partial charge in [-0.3, -0.25) is 4.79 Å². The molecule has 1 amide bonds. The lowest BCUT2D eigenvalue weighted by Gasteiger charge is -2.24. The highest BCUT2D eigenvalue weighted by Crippen LogP contribution is 2.38. The van der Waals surface area contributed by atoms with Gasteiger partial charge >= 0.3 is 0 Å². The lowest BCUT2D eigenvalue weighted by Crippen LogP contribution is -2.44. The van der Waals surface area contributed by atoms with Gasteiger partial charge in [-0.2, -0.15) is 0 Å². The zero-order chi connectivity index (χ0) is 26.0. The fraction of sp³-hybridized carbons (Fsp3) is 0.467. The van der Waals surface area contributed by atoms with Crippen molar-refractivity contribution < 1.29 is 13.9 Å². The Balaban J connectivity index is 1.11. The first kappa shape index (κ1) is 26.4. The van der Waals surface area contributed by atoms with Crippen LogP contribution in [0.15, 0.2) is 53.1 Å². The number of unbranched alkanes of at least 4 members (excludes halogenated alkanes) is 3. The molecule has 202 valence electrons. The van der Waals surface area contributed by atoms with Gasteiger partial charge in [0.15, 0.2) is 11.3 Å². The van der Waals surface area contributed by atoms with Crippen LogP contribution in [0.1, 0.15) is 32.1 Å². The molecule has 2 aromatic heterocycles. The molecule has 1 saturated heterocycles. The van der Waals surface area contributed by atoms with Gasteiger partial charge in [-0.05, 0) is 29.7 Å². The van der Waals surface area contributed by atoms with Gasteiger partial charge in [0.25, 0.3) is 0 Å². The van der Waals surface area contributed by atoms with E-state index in [0.717, 1.165) is 111 Å². The molecule has 3 heterocycles. The van der Waals surface area contributed by atoms with Gasteiger partial charge in [-0.1, -0.05) is 43.2 Å². The molecule has 5 rings (SSSR count). The number of carbonyl (C=O) groups is 1. The van der Waals surface area contributed by atoms with Crippen LogP contribution in [0.25, 0.3) is 32.8 Å². The largest absolute Gasteiger partial charge is 0.489 e. The molecular weight excluding hydrogens is 478 g/mol. The quantitative estimate of drug-likeness (QED) is 0.240. The molecule has 38 heavy (non-hydrogen) atoms. The fourth-order valence-corrected chi connectivity index (χ4v) is 5.12. The third kappa shape index (κ3) is 6.62. The third-order valence-electron chi connectivity index (χ3n) is 7.18. The Morgan fingerprint density at radius 3 is 2.39 bits per heavy atom. The zero-order valence-electron chi connectivity index (χ0n) is 22.1. The van der Waals surface area contributed by atoms with Crippen LogP contribution in [0, 0.1) is 0 Å². The second-order valence-corrected chi connectivity index (χ2v) is 9.90. The van der Waals surface area contributed by atoms with Crippen molar-refractivity contribution in [2.24, 2.45) is 0 Å². The van der Waals surface area contributed by atoms with E-state index in [1.807, 2.05) is 23.1 Å². The van der Waals surface area contributed by atoms with E-state index in [0.29, 0.717) is 18.6 Å². The number of nitrogens with one attached hydrogen (secondary N) is 3. The highest BCUT2D eigenvalue weighted by molar-refractivity contribution is 6.13. The maximum Gasteiger partial charge on any atom is 0.222 e. The number of amides is 1. The van der Waals surface area contributed by atoms with Gasteiger partial charge in [0, 0.05) is 64.8 Å². The van der Waals surface area contributed by atoms with Crippen LogP contribution < -0.4 is 20.7 Å². The summed E-state index contributed by atoms with van der Waals surface area (Å²) in [5.74, 6) is 1.03. The third-order valence-corrected chi connectivity index (χ3v) is 7.18.